The number of unbranched alkanes of at least 4 members (excludes halogenated alkanes) is 11. The van der Waals surface area contributed by atoms with E-state index in [1.54, 1.807) is 0 Å². The van der Waals surface area contributed by atoms with Gasteiger partial charge in [-0.25, -0.2) is 0 Å². The molecule has 0 amide bonds. The molecular weight excluding hydrogens is 288 g/mol. The van der Waals surface area contributed by atoms with Crippen molar-refractivity contribution >= 4 is 5.97 Å². The Morgan fingerprint density at radius 2 is 1.22 bits per heavy atom. The van der Waals surface area contributed by atoms with Crippen LogP contribution in [0.15, 0.2) is 0 Å². The van der Waals surface area contributed by atoms with Gasteiger partial charge in [0, 0.05) is 6.42 Å². The number of hydrogen-bond acceptors (Lipinski definition) is 3. The molecule has 0 fully saturated rings. The van der Waals surface area contributed by atoms with Crippen molar-refractivity contribution in [2.45, 2.75) is 116 Å². The number of rotatable bonds is 17. The Bertz CT molecular complexity index is 253. The van der Waals surface area contributed by atoms with E-state index < -0.39 is 0 Å². The number of ether oxygens (including phenoxy) is 1. The van der Waals surface area contributed by atoms with E-state index in [9.17, 15) is 9.90 Å². The first-order chi connectivity index (χ1) is 11.2. The number of esters is 1. The lowest BCUT2D eigenvalue weighted by Gasteiger charge is -2.09. The molecule has 0 rings (SSSR count). The molecule has 23 heavy (non-hydrogen) atoms. The lowest BCUT2D eigenvalue weighted by molar-refractivity contribution is -0.140. The van der Waals surface area contributed by atoms with E-state index in [1.807, 2.05) is 0 Å². The van der Waals surface area contributed by atoms with Gasteiger partial charge in [0.25, 0.3) is 0 Å². The van der Waals surface area contributed by atoms with Gasteiger partial charge in [-0.05, 0) is 19.3 Å². The summed E-state index contributed by atoms with van der Waals surface area (Å²) >= 11 is 0. The van der Waals surface area contributed by atoms with E-state index in [-0.39, 0.29) is 12.1 Å². The van der Waals surface area contributed by atoms with Crippen LogP contribution in [0.5, 0.6) is 0 Å². The lowest BCUT2D eigenvalue weighted by atomic mass is 10.0. The quantitative estimate of drug-likeness (QED) is 0.272. The molecule has 0 bridgehead atoms. The Morgan fingerprint density at radius 1 is 0.783 bits per heavy atom. The second-order valence-electron chi connectivity index (χ2n) is 6.80. The minimum Gasteiger partial charge on any atom is -0.469 e. The summed E-state index contributed by atoms with van der Waals surface area (Å²) in [4.78, 5) is 10.9. The summed E-state index contributed by atoms with van der Waals surface area (Å²) in [6.07, 6.45) is 18.6. The number of carbonyl (C=O) groups excluding carboxylic acids is 1. The summed E-state index contributed by atoms with van der Waals surface area (Å²) in [5.41, 5.74) is 0. The van der Waals surface area contributed by atoms with Gasteiger partial charge < -0.3 is 9.84 Å². The third-order valence-electron chi connectivity index (χ3n) is 4.54. The van der Waals surface area contributed by atoms with Crippen molar-refractivity contribution in [1.29, 1.82) is 0 Å². The van der Waals surface area contributed by atoms with Crippen molar-refractivity contribution in [3.63, 3.8) is 0 Å². The van der Waals surface area contributed by atoms with Crippen molar-refractivity contribution in [3.8, 4) is 0 Å². The molecule has 0 aromatic carbocycles. The minimum absolute atomic E-state index is 0.0610. The van der Waals surface area contributed by atoms with E-state index in [1.165, 1.54) is 71.3 Å². The molecule has 0 aliphatic rings. The molecule has 3 heteroatoms. The Hall–Kier alpha value is -0.570. The SMILES string of the molecule is CCCCC(O)CCCCCCCCCCCCCC(=O)OC. The molecule has 0 aromatic heterocycles. The molecule has 0 saturated carbocycles. The smallest absolute Gasteiger partial charge is 0.305 e. The van der Waals surface area contributed by atoms with Crippen molar-refractivity contribution in [2.75, 3.05) is 7.11 Å². The van der Waals surface area contributed by atoms with Crippen LogP contribution in [0, 0.1) is 0 Å². The average molecular weight is 329 g/mol. The highest BCUT2D eigenvalue weighted by Crippen LogP contribution is 2.14. The normalized spacial score (nSPS) is 12.3. The Morgan fingerprint density at radius 3 is 1.70 bits per heavy atom. The first-order valence-electron chi connectivity index (χ1n) is 9.95. The van der Waals surface area contributed by atoms with E-state index in [0.29, 0.717) is 6.42 Å². The van der Waals surface area contributed by atoms with Gasteiger partial charge in [-0.15, -0.1) is 0 Å². The Kier molecular flexibility index (Phi) is 17.3. The third-order valence-corrected chi connectivity index (χ3v) is 4.54. The first-order valence-corrected chi connectivity index (χ1v) is 9.95. The van der Waals surface area contributed by atoms with Crippen LogP contribution in [0.25, 0.3) is 0 Å². The Balaban J connectivity index is 3.09. The zero-order chi connectivity index (χ0) is 17.2. The maximum absolute atomic E-state index is 10.9. The average Bonchev–Trinajstić information content (AvgIpc) is 2.56. The van der Waals surface area contributed by atoms with Crippen molar-refractivity contribution in [3.05, 3.63) is 0 Å². The van der Waals surface area contributed by atoms with Crippen LogP contribution >= 0.6 is 0 Å². The van der Waals surface area contributed by atoms with Gasteiger partial charge in [-0.2, -0.15) is 0 Å². The highest BCUT2D eigenvalue weighted by atomic mass is 16.5. The molecule has 0 radical (unpaired) electrons. The summed E-state index contributed by atoms with van der Waals surface area (Å²) in [7, 11) is 1.46. The molecule has 0 aromatic rings. The van der Waals surface area contributed by atoms with Gasteiger partial charge in [0.15, 0.2) is 0 Å². The van der Waals surface area contributed by atoms with E-state index >= 15 is 0 Å². The predicted octanol–water partition coefficient (Wildman–Crippen LogP) is 5.78. The molecule has 0 aliphatic carbocycles. The van der Waals surface area contributed by atoms with Gasteiger partial charge in [0.1, 0.15) is 0 Å². The molecular formula is C20H40O3. The molecule has 1 atom stereocenters. The van der Waals surface area contributed by atoms with Crippen LogP contribution in [0.2, 0.25) is 0 Å². The van der Waals surface area contributed by atoms with Gasteiger partial charge in [0.2, 0.25) is 0 Å². The highest BCUT2D eigenvalue weighted by molar-refractivity contribution is 5.68. The molecule has 138 valence electrons. The molecule has 0 saturated heterocycles. The van der Waals surface area contributed by atoms with Crippen LogP contribution in [-0.4, -0.2) is 24.3 Å². The number of aliphatic hydroxyl groups is 1. The summed E-state index contributed by atoms with van der Waals surface area (Å²) in [5.74, 6) is -0.0807. The zero-order valence-corrected chi connectivity index (χ0v) is 15.7. The lowest BCUT2D eigenvalue weighted by Crippen LogP contribution is -2.05. The van der Waals surface area contributed by atoms with Crippen LogP contribution in [0.1, 0.15) is 110 Å². The van der Waals surface area contributed by atoms with Crippen molar-refractivity contribution in [2.24, 2.45) is 0 Å². The largest absolute Gasteiger partial charge is 0.469 e. The van der Waals surface area contributed by atoms with E-state index in [0.717, 1.165) is 32.1 Å². The monoisotopic (exact) mass is 328 g/mol. The van der Waals surface area contributed by atoms with E-state index in [2.05, 4.69) is 11.7 Å². The second kappa shape index (κ2) is 17.8. The van der Waals surface area contributed by atoms with E-state index in [4.69, 9.17) is 0 Å². The molecule has 0 spiro atoms. The molecule has 0 heterocycles. The first kappa shape index (κ1) is 22.4. The molecule has 1 unspecified atom stereocenters. The fourth-order valence-corrected chi connectivity index (χ4v) is 2.93. The Labute approximate surface area is 144 Å². The number of carbonyl (C=O) groups is 1. The van der Waals surface area contributed by atoms with Gasteiger partial charge in [0.05, 0.1) is 13.2 Å². The maximum Gasteiger partial charge on any atom is 0.305 e. The molecule has 0 aliphatic heterocycles. The number of aliphatic hydroxyl groups excluding tert-OH is 1. The van der Waals surface area contributed by atoms with Crippen LogP contribution in [0.3, 0.4) is 0 Å². The van der Waals surface area contributed by atoms with Crippen molar-refractivity contribution < 1.29 is 14.6 Å². The topological polar surface area (TPSA) is 46.5 Å². The van der Waals surface area contributed by atoms with Crippen LogP contribution < -0.4 is 0 Å². The predicted molar refractivity (Wildman–Crippen MR) is 97.6 cm³/mol. The minimum atomic E-state index is -0.0807. The van der Waals surface area contributed by atoms with Crippen molar-refractivity contribution in [1.82, 2.24) is 0 Å². The number of methoxy groups -OCH3 is 1. The van der Waals surface area contributed by atoms with Crippen LogP contribution in [0.4, 0.5) is 0 Å². The second-order valence-corrected chi connectivity index (χ2v) is 6.80. The van der Waals surface area contributed by atoms with Gasteiger partial charge in [-0.3, -0.25) is 4.79 Å². The third kappa shape index (κ3) is 17.6. The fraction of sp³-hybridized carbons (Fsp3) is 0.950. The highest BCUT2D eigenvalue weighted by Gasteiger charge is 2.02. The number of hydrogen-bond donors (Lipinski definition) is 1. The summed E-state index contributed by atoms with van der Waals surface area (Å²) < 4.78 is 4.63. The van der Waals surface area contributed by atoms with Gasteiger partial charge >= 0.3 is 5.97 Å². The summed E-state index contributed by atoms with van der Waals surface area (Å²) in [5, 5.41) is 9.76. The maximum atomic E-state index is 10.9. The summed E-state index contributed by atoms with van der Waals surface area (Å²) in [6.45, 7) is 2.18. The molecule has 3 nitrogen and oxygen atoms in total. The summed E-state index contributed by atoms with van der Waals surface area (Å²) in [6, 6.07) is 0. The fourth-order valence-electron chi connectivity index (χ4n) is 2.93. The van der Waals surface area contributed by atoms with Gasteiger partial charge in [-0.1, -0.05) is 84.0 Å². The van der Waals surface area contributed by atoms with Crippen LogP contribution in [-0.2, 0) is 9.53 Å². The zero-order valence-electron chi connectivity index (χ0n) is 15.7. The molecule has 1 N–H and O–H groups in total. The standard InChI is InChI=1S/C20H40O3/c1-3-4-16-19(21)17-14-12-10-8-6-5-7-9-11-13-15-18-20(22)23-2/h19,21H,3-18H2,1-2H3.